The molecule has 1 rings (SSSR count). The maximum absolute atomic E-state index is 5.85. The molecule has 0 aromatic heterocycles. The lowest BCUT2D eigenvalue weighted by molar-refractivity contribution is -0.00487. The van der Waals surface area contributed by atoms with Crippen molar-refractivity contribution in [2.24, 2.45) is 11.3 Å². The van der Waals surface area contributed by atoms with Crippen LogP contribution in [0.15, 0.2) is 28.7 Å². The van der Waals surface area contributed by atoms with Gasteiger partial charge in [0.05, 0.1) is 5.60 Å². The largest absolute Gasteiger partial charge is 0.423 e. The second-order valence-corrected chi connectivity index (χ2v) is 7.88. The summed E-state index contributed by atoms with van der Waals surface area (Å²) in [4.78, 5) is 0. The third kappa shape index (κ3) is 4.21. The molecule has 0 radical (unpaired) electrons. The highest BCUT2D eigenvalue weighted by atomic mass is 79.9. The first kappa shape index (κ1) is 15.9. The van der Waals surface area contributed by atoms with E-state index < -0.39 is 0 Å². The van der Waals surface area contributed by atoms with Crippen LogP contribution in [0.4, 0.5) is 0 Å². The zero-order valence-electron chi connectivity index (χ0n) is 12.4. The maximum Gasteiger partial charge on any atom is 0.146 e. The highest BCUT2D eigenvalue weighted by Crippen LogP contribution is 2.38. The summed E-state index contributed by atoms with van der Waals surface area (Å²) in [6.45, 7) is 11.3. The Balaban J connectivity index is 2.96. The van der Waals surface area contributed by atoms with Crippen LogP contribution < -0.4 is 0 Å². The number of hydrogen-bond acceptors (Lipinski definition) is 1. The molecule has 1 aromatic rings. The summed E-state index contributed by atoms with van der Waals surface area (Å²) in [6.07, 6.45) is 1.06. The molecule has 1 aromatic carbocycles. The van der Waals surface area contributed by atoms with Crippen molar-refractivity contribution in [2.45, 2.75) is 46.6 Å². The Kier molecular flexibility index (Phi) is 5.21. The Bertz CT molecular complexity index is 378. The lowest BCUT2D eigenvalue weighted by Gasteiger charge is -2.42. The molecule has 0 bridgehead atoms. The first-order valence-corrected chi connectivity index (χ1v) is 8.07. The van der Waals surface area contributed by atoms with Gasteiger partial charge in [0, 0.05) is 4.47 Å². The minimum absolute atomic E-state index is 0.0580. The summed E-state index contributed by atoms with van der Waals surface area (Å²) < 4.78 is 6.99. The number of benzene rings is 1. The number of rotatable bonds is 4. The van der Waals surface area contributed by atoms with E-state index in [-0.39, 0.29) is 11.0 Å². The van der Waals surface area contributed by atoms with Crippen LogP contribution in [-0.4, -0.2) is 16.1 Å². The van der Waals surface area contributed by atoms with Gasteiger partial charge in [0.2, 0.25) is 0 Å². The molecule has 0 saturated carbocycles. The van der Waals surface area contributed by atoms with Crippen molar-refractivity contribution >= 4 is 26.4 Å². The van der Waals surface area contributed by atoms with E-state index in [4.69, 9.17) is 4.43 Å². The summed E-state index contributed by atoms with van der Waals surface area (Å²) in [5, 5.41) is 0. The van der Waals surface area contributed by atoms with Crippen LogP contribution in [0.3, 0.4) is 0 Å². The van der Waals surface area contributed by atoms with E-state index >= 15 is 0 Å². The summed E-state index contributed by atoms with van der Waals surface area (Å²) in [7, 11) is 0.787. The first-order valence-electron chi connectivity index (χ1n) is 6.46. The monoisotopic (exact) mass is 328 g/mol. The topological polar surface area (TPSA) is 9.23 Å². The third-order valence-electron chi connectivity index (χ3n) is 3.76. The molecule has 0 heterocycles. The lowest BCUT2D eigenvalue weighted by atomic mass is 9.69. The fourth-order valence-corrected chi connectivity index (χ4v) is 3.14. The molecule has 18 heavy (non-hydrogen) atoms. The first-order chi connectivity index (χ1) is 8.16. The fraction of sp³-hybridized carbons (Fsp3) is 0.600. The highest BCUT2D eigenvalue weighted by Gasteiger charge is 2.37. The summed E-state index contributed by atoms with van der Waals surface area (Å²) in [5.74, 6) is 0.503. The van der Waals surface area contributed by atoms with Gasteiger partial charge in [0.25, 0.3) is 0 Å². The Morgan fingerprint density at radius 2 is 1.61 bits per heavy atom. The molecule has 1 atom stereocenters. The molecular weight excluding hydrogens is 304 g/mol. The van der Waals surface area contributed by atoms with Gasteiger partial charge in [-0.2, -0.15) is 0 Å². The van der Waals surface area contributed by atoms with Crippen molar-refractivity contribution in [3.63, 3.8) is 0 Å². The smallest absolute Gasteiger partial charge is 0.146 e. The minimum atomic E-state index is -0.0580. The lowest BCUT2D eigenvalue weighted by Crippen LogP contribution is -2.43. The van der Waals surface area contributed by atoms with Gasteiger partial charge in [0.15, 0.2) is 0 Å². The molecule has 102 valence electrons. The van der Waals surface area contributed by atoms with Crippen LogP contribution in [0.25, 0.3) is 0 Å². The van der Waals surface area contributed by atoms with Crippen molar-refractivity contribution in [2.75, 3.05) is 0 Å². The molecule has 3 heteroatoms. The average molecular weight is 329 g/mol. The number of hydrogen-bond donors (Lipinski definition) is 0. The Morgan fingerprint density at radius 1 is 1.11 bits per heavy atom. The molecule has 1 nitrogen and oxygen atoms in total. The van der Waals surface area contributed by atoms with Crippen LogP contribution in [0.1, 0.15) is 40.2 Å². The van der Waals surface area contributed by atoms with Crippen LogP contribution in [0.2, 0.25) is 0 Å². The standard InChI is InChI=1S/C15H25BrOSi/c1-14(2,3)13(15(4,5)17-18)10-11-6-8-12(16)9-7-11/h6-9,13H,10H2,1-5,18H3. The quantitative estimate of drug-likeness (QED) is 0.765. The van der Waals surface area contributed by atoms with E-state index in [9.17, 15) is 0 Å². The maximum atomic E-state index is 5.85. The predicted octanol–water partition coefficient (Wildman–Crippen LogP) is 3.73. The normalized spacial score (nSPS) is 14.8. The van der Waals surface area contributed by atoms with E-state index in [1.807, 2.05) is 0 Å². The van der Waals surface area contributed by atoms with Gasteiger partial charge in [-0.25, -0.2) is 0 Å². The zero-order valence-corrected chi connectivity index (χ0v) is 16.0. The number of halogens is 1. The van der Waals surface area contributed by atoms with Gasteiger partial charge < -0.3 is 4.43 Å². The summed E-state index contributed by atoms with van der Waals surface area (Å²) in [5.41, 5.74) is 1.56. The van der Waals surface area contributed by atoms with E-state index in [0.717, 1.165) is 21.4 Å². The van der Waals surface area contributed by atoms with Crippen LogP contribution >= 0.6 is 15.9 Å². The molecule has 0 aliphatic rings. The van der Waals surface area contributed by atoms with Crippen molar-refractivity contribution in [1.82, 2.24) is 0 Å². The molecular formula is C15H25BrOSi. The van der Waals surface area contributed by atoms with Crippen molar-refractivity contribution in [3.8, 4) is 0 Å². The molecule has 0 saturated heterocycles. The zero-order chi connectivity index (χ0) is 14.0. The molecule has 0 N–H and O–H groups in total. The fourth-order valence-electron chi connectivity index (χ4n) is 2.59. The Labute approximate surface area is 123 Å². The minimum Gasteiger partial charge on any atom is -0.423 e. The van der Waals surface area contributed by atoms with E-state index in [0.29, 0.717) is 5.92 Å². The van der Waals surface area contributed by atoms with E-state index in [1.54, 1.807) is 0 Å². The third-order valence-corrected chi connectivity index (χ3v) is 5.34. The van der Waals surface area contributed by atoms with Crippen LogP contribution in [-0.2, 0) is 10.8 Å². The van der Waals surface area contributed by atoms with E-state index in [1.165, 1.54) is 5.56 Å². The molecule has 1 unspecified atom stereocenters. The van der Waals surface area contributed by atoms with Crippen molar-refractivity contribution in [1.29, 1.82) is 0 Å². The Hall–Kier alpha value is -0.123. The van der Waals surface area contributed by atoms with Crippen LogP contribution in [0, 0.1) is 11.3 Å². The van der Waals surface area contributed by atoms with Gasteiger partial charge >= 0.3 is 0 Å². The summed E-state index contributed by atoms with van der Waals surface area (Å²) in [6, 6.07) is 8.63. The van der Waals surface area contributed by atoms with Crippen molar-refractivity contribution in [3.05, 3.63) is 34.3 Å². The van der Waals surface area contributed by atoms with Gasteiger partial charge in [0.1, 0.15) is 10.5 Å². The van der Waals surface area contributed by atoms with E-state index in [2.05, 4.69) is 74.8 Å². The van der Waals surface area contributed by atoms with Gasteiger partial charge in [-0.15, -0.1) is 0 Å². The molecule has 0 spiro atoms. The summed E-state index contributed by atoms with van der Waals surface area (Å²) >= 11 is 3.49. The second-order valence-electron chi connectivity index (χ2n) is 6.56. The van der Waals surface area contributed by atoms with Crippen LogP contribution in [0.5, 0.6) is 0 Å². The van der Waals surface area contributed by atoms with Gasteiger partial charge in [-0.3, -0.25) is 0 Å². The SMILES string of the molecule is CC(C)(C)C(Cc1ccc(Br)cc1)C(C)(C)O[SiH3]. The van der Waals surface area contributed by atoms with Gasteiger partial charge in [-0.05, 0) is 49.3 Å². The molecule has 0 fully saturated rings. The molecule has 0 aliphatic carbocycles. The van der Waals surface area contributed by atoms with Gasteiger partial charge in [-0.1, -0.05) is 48.8 Å². The highest BCUT2D eigenvalue weighted by molar-refractivity contribution is 9.10. The average Bonchev–Trinajstić information content (AvgIpc) is 2.26. The molecule has 0 amide bonds. The second kappa shape index (κ2) is 5.89. The van der Waals surface area contributed by atoms with Crippen molar-refractivity contribution < 1.29 is 4.43 Å². The molecule has 0 aliphatic heterocycles. The Morgan fingerprint density at radius 3 is 2.00 bits per heavy atom. The predicted molar refractivity (Wildman–Crippen MR) is 85.9 cm³/mol.